The van der Waals surface area contributed by atoms with Crippen molar-refractivity contribution in [3.63, 3.8) is 0 Å². The summed E-state index contributed by atoms with van der Waals surface area (Å²) in [6.07, 6.45) is 3.07. The van der Waals surface area contributed by atoms with E-state index in [-0.39, 0.29) is 5.97 Å². The summed E-state index contributed by atoms with van der Waals surface area (Å²) in [5.41, 5.74) is -0.839. The summed E-state index contributed by atoms with van der Waals surface area (Å²) in [5, 5.41) is 9.86. The number of aliphatic hydroxyl groups is 1. The number of rotatable bonds is 1. The van der Waals surface area contributed by atoms with Gasteiger partial charge in [-0.15, -0.1) is 0 Å². The lowest BCUT2D eigenvalue weighted by Crippen LogP contribution is -2.22. The topological polar surface area (TPSA) is 46.5 Å². The van der Waals surface area contributed by atoms with Gasteiger partial charge in [0.2, 0.25) is 0 Å². The standard InChI is InChI=1S/C11H16O3/c1-9(14-10(2)12)5-8-11(13)6-3-4-7-11/h9,13H,3-4,6-7H2,1-2H3. The Hall–Kier alpha value is -1.01. The molecule has 78 valence electrons. The first-order valence-corrected chi connectivity index (χ1v) is 4.94. The molecule has 0 aromatic carbocycles. The van der Waals surface area contributed by atoms with Gasteiger partial charge >= 0.3 is 5.97 Å². The van der Waals surface area contributed by atoms with Crippen molar-refractivity contribution in [2.75, 3.05) is 0 Å². The van der Waals surface area contributed by atoms with Crippen LogP contribution < -0.4 is 0 Å². The fourth-order valence-corrected chi connectivity index (χ4v) is 1.60. The van der Waals surface area contributed by atoms with Crippen LogP contribution in [0.5, 0.6) is 0 Å². The smallest absolute Gasteiger partial charge is 0.303 e. The molecule has 0 heterocycles. The summed E-state index contributed by atoms with van der Waals surface area (Å²) in [5.74, 6) is 5.20. The first kappa shape index (κ1) is 11.1. The van der Waals surface area contributed by atoms with Crippen molar-refractivity contribution >= 4 is 5.97 Å². The molecule has 1 saturated carbocycles. The van der Waals surface area contributed by atoms with Crippen LogP contribution in [0.1, 0.15) is 39.5 Å². The minimum Gasteiger partial charge on any atom is -0.450 e. The van der Waals surface area contributed by atoms with Crippen LogP contribution in [0.3, 0.4) is 0 Å². The third-order valence-corrected chi connectivity index (χ3v) is 2.28. The molecule has 1 N–H and O–H groups in total. The molecule has 14 heavy (non-hydrogen) atoms. The van der Waals surface area contributed by atoms with E-state index in [1.54, 1.807) is 6.92 Å². The molecule has 1 fully saturated rings. The van der Waals surface area contributed by atoms with Crippen molar-refractivity contribution in [1.82, 2.24) is 0 Å². The molecule has 0 amide bonds. The second-order valence-electron chi connectivity index (χ2n) is 3.76. The fourth-order valence-electron chi connectivity index (χ4n) is 1.60. The van der Waals surface area contributed by atoms with Crippen molar-refractivity contribution in [1.29, 1.82) is 0 Å². The Balaban J connectivity index is 2.49. The van der Waals surface area contributed by atoms with Gasteiger partial charge in [-0.05, 0) is 32.6 Å². The number of carbonyl (C=O) groups is 1. The highest BCUT2D eigenvalue weighted by Crippen LogP contribution is 2.28. The summed E-state index contributed by atoms with van der Waals surface area (Å²) in [7, 11) is 0. The van der Waals surface area contributed by atoms with Crippen molar-refractivity contribution in [3.8, 4) is 11.8 Å². The number of hydrogen-bond acceptors (Lipinski definition) is 3. The molecule has 0 aromatic heterocycles. The number of carbonyl (C=O) groups excluding carboxylic acids is 1. The zero-order valence-corrected chi connectivity index (χ0v) is 8.67. The first-order valence-electron chi connectivity index (χ1n) is 4.94. The van der Waals surface area contributed by atoms with Crippen molar-refractivity contribution < 1.29 is 14.6 Å². The van der Waals surface area contributed by atoms with Crippen LogP contribution in [0.4, 0.5) is 0 Å². The van der Waals surface area contributed by atoms with Gasteiger partial charge < -0.3 is 9.84 Å². The molecule has 1 aliphatic rings. The second-order valence-corrected chi connectivity index (χ2v) is 3.76. The molecule has 1 aliphatic carbocycles. The van der Waals surface area contributed by atoms with Gasteiger partial charge in [0.1, 0.15) is 5.60 Å². The second kappa shape index (κ2) is 4.47. The maximum Gasteiger partial charge on any atom is 0.303 e. The highest BCUT2D eigenvalue weighted by Gasteiger charge is 2.28. The number of hydrogen-bond donors (Lipinski definition) is 1. The summed E-state index contributed by atoms with van der Waals surface area (Å²) < 4.78 is 4.83. The predicted molar refractivity (Wildman–Crippen MR) is 52.4 cm³/mol. The molecule has 1 unspecified atom stereocenters. The zero-order valence-electron chi connectivity index (χ0n) is 8.67. The lowest BCUT2D eigenvalue weighted by atomic mass is 10.0. The van der Waals surface area contributed by atoms with Crippen molar-refractivity contribution in [2.45, 2.75) is 51.2 Å². The maximum absolute atomic E-state index is 10.6. The first-order chi connectivity index (χ1) is 6.52. The molecule has 0 radical (unpaired) electrons. The number of esters is 1. The van der Waals surface area contributed by atoms with Crippen molar-refractivity contribution in [3.05, 3.63) is 0 Å². The van der Waals surface area contributed by atoms with Crippen LogP contribution in [0.25, 0.3) is 0 Å². The summed E-state index contributed by atoms with van der Waals surface area (Å²) in [6.45, 7) is 3.05. The molecule has 1 rings (SSSR count). The molecule has 3 nitrogen and oxygen atoms in total. The fraction of sp³-hybridized carbons (Fsp3) is 0.727. The normalized spacial score (nSPS) is 20.8. The average molecular weight is 196 g/mol. The lowest BCUT2D eigenvalue weighted by Gasteiger charge is -2.13. The number of ether oxygens (including phenoxy) is 1. The van der Waals surface area contributed by atoms with E-state index in [2.05, 4.69) is 11.8 Å². The zero-order chi connectivity index (χ0) is 10.6. The molecule has 0 bridgehead atoms. The molecule has 3 heteroatoms. The predicted octanol–water partition coefficient (Wildman–Crippen LogP) is 1.25. The van der Waals surface area contributed by atoms with E-state index in [4.69, 9.17) is 4.74 Å². The van der Waals surface area contributed by atoms with E-state index in [1.807, 2.05) is 0 Å². The Labute approximate surface area is 84.5 Å². The van der Waals surface area contributed by atoms with Gasteiger partial charge in [-0.25, -0.2) is 0 Å². The van der Waals surface area contributed by atoms with Gasteiger partial charge in [-0.3, -0.25) is 4.79 Å². The maximum atomic E-state index is 10.6. The van der Waals surface area contributed by atoms with Gasteiger partial charge in [-0.1, -0.05) is 11.8 Å². The Bertz CT molecular complexity index is 266. The van der Waals surface area contributed by atoms with Gasteiger partial charge in [0.15, 0.2) is 6.10 Å². The summed E-state index contributed by atoms with van der Waals surface area (Å²) in [6, 6.07) is 0. The minimum atomic E-state index is -0.839. The summed E-state index contributed by atoms with van der Waals surface area (Å²) >= 11 is 0. The van der Waals surface area contributed by atoms with Crippen LogP contribution in [0.15, 0.2) is 0 Å². The third kappa shape index (κ3) is 3.39. The van der Waals surface area contributed by atoms with Crippen molar-refractivity contribution in [2.24, 2.45) is 0 Å². The Morgan fingerprint density at radius 2 is 2.07 bits per heavy atom. The monoisotopic (exact) mass is 196 g/mol. The highest BCUT2D eigenvalue weighted by atomic mass is 16.5. The summed E-state index contributed by atoms with van der Waals surface area (Å²) in [4.78, 5) is 10.6. The van der Waals surface area contributed by atoms with E-state index in [9.17, 15) is 9.90 Å². The van der Waals surface area contributed by atoms with E-state index in [0.29, 0.717) is 0 Å². The third-order valence-electron chi connectivity index (χ3n) is 2.28. The SMILES string of the molecule is CC(=O)OC(C)C#CC1(O)CCCC1. The molecule has 1 atom stereocenters. The van der Waals surface area contributed by atoms with Gasteiger partial charge in [0, 0.05) is 6.92 Å². The quantitative estimate of drug-likeness (QED) is 0.507. The molecule has 0 aromatic rings. The van der Waals surface area contributed by atoms with Crippen LogP contribution in [-0.2, 0) is 9.53 Å². The molecule has 0 saturated heterocycles. The van der Waals surface area contributed by atoms with Crippen LogP contribution in [-0.4, -0.2) is 22.8 Å². The van der Waals surface area contributed by atoms with E-state index in [0.717, 1.165) is 25.7 Å². The van der Waals surface area contributed by atoms with Crippen LogP contribution in [0, 0.1) is 11.8 Å². The molecule has 0 spiro atoms. The molecular weight excluding hydrogens is 180 g/mol. The average Bonchev–Trinajstić information content (AvgIpc) is 2.49. The molecule has 0 aliphatic heterocycles. The van der Waals surface area contributed by atoms with Gasteiger partial charge in [0.25, 0.3) is 0 Å². The lowest BCUT2D eigenvalue weighted by molar-refractivity contribution is -0.143. The van der Waals surface area contributed by atoms with Gasteiger partial charge in [0.05, 0.1) is 0 Å². The van der Waals surface area contributed by atoms with Crippen LogP contribution in [0.2, 0.25) is 0 Å². The highest BCUT2D eigenvalue weighted by molar-refractivity contribution is 5.66. The van der Waals surface area contributed by atoms with E-state index < -0.39 is 11.7 Å². The van der Waals surface area contributed by atoms with E-state index in [1.165, 1.54) is 6.92 Å². The Morgan fingerprint density at radius 3 is 2.57 bits per heavy atom. The minimum absolute atomic E-state index is 0.342. The largest absolute Gasteiger partial charge is 0.450 e. The van der Waals surface area contributed by atoms with E-state index >= 15 is 0 Å². The Morgan fingerprint density at radius 1 is 1.50 bits per heavy atom. The Kier molecular flexibility index (Phi) is 3.54. The van der Waals surface area contributed by atoms with Gasteiger partial charge in [-0.2, -0.15) is 0 Å². The van der Waals surface area contributed by atoms with Crippen LogP contribution >= 0.6 is 0 Å². The molecular formula is C11H16O3.